The monoisotopic (exact) mass is 392 g/mol. The Labute approximate surface area is 156 Å². The Balaban J connectivity index is 1.65. The first kappa shape index (κ1) is 18.2. The Hall–Kier alpha value is -2.59. The van der Waals surface area contributed by atoms with Gasteiger partial charge in [-0.2, -0.15) is 9.61 Å². The molecule has 0 aliphatic carbocycles. The molecule has 0 saturated carbocycles. The number of aromatic nitrogens is 3. The normalized spacial score (nSPS) is 12.1. The molecule has 8 nitrogen and oxygen atoms in total. The maximum absolute atomic E-state index is 12.2. The minimum atomic E-state index is -0.465. The molecular weight excluding hydrogens is 376 g/mol. The van der Waals surface area contributed by atoms with Crippen LogP contribution < -0.4 is 10.9 Å². The Kier molecular flexibility index (Phi) is 5.43. The molecule has 0 saturated heterocycles. The molecule has 3 aromatic rings. The summed E-state index contributed by atoms with van der Waals surface area (Å²) in [6.07, 6.45) is 0.0162. The molecule has 0 spiro atoms. The zero-order chi connectivity index (χ0) is 18.7. The van der Waals surface area contributed by atoms with Crippen molar-refractivity contribution in [2.45, 2.75) is 32.9 Å². The molecule has 26 heavy (non-hydrogen) atoms. The number of amides is 1. The van der Waals surface area contributed by atoms with E-state index in [9.17, 15) is 14.4 Å². The van der Waals surface area contributed by atoms with Gasteiger partial charge in [0.15, 0.2) is 5.01 Å². The third-order valence-electron chi connectivity index (χ3n) is 3.41. The lowest BCUT2D eigenvalue weighted by Gasteiger charge is -2.15. The summed E-state index contributed by atoms with van der Waals surface area (Å²) >= 11 is 2.65. The molecule has 0 aromatic carbocycles. The average Bonchev–Trinajstić information content (AvgIpc) is 3.21. The summed E-state index contributed by atoms with van der Waals surface area (Å²) in [7, 11) is 0. The standard InChI is InChI=1S/C16H16N4O4S2/c1-9-6-14(22)20-16(17-9)26-13(19-20)8-24-15(23)7-11(18-10(2)21)12-4-3-5-25-12/h3-6,11H,7-8H2,1-2H3,(H,18,21). The number of nitrogens with zero attached hydrogens (tertiary/aromatic N) is 3. The van der Waals surface area contributed by atoms with Crippen LogP contribution in [-0.2, 0) is 20.9 Å². The van der Waals surface area contributed by atoms with Gasteiger partial charge in [0.2, 0.25) is 10.9 Å². The number of ether oxygens (including phenoxy) is 1. The van der Waals surface area contributed by atoms with Crippen molar-refractivity contribution in [3.63, 3.8) is 0 Å². The SMILES string of the molecule is CC(=O)NC(CC(=O)OCc1nn2c(=O)cc(C)nc2s1)c1cccs1. The van der Waals surface area contributed by atoms with Gasteiger partial charge in [0.1, 0.15) is 6.61 Å². The maximum Gasteiger partial charge on any atom is 0.308 e. The Morgan fingerprint density at radius 1 is 1.42 bits per heavy atom. The van der Waals surface area contributed by atoms with Gasteiger partial charge in [0, 0.05) is 23.6 Å². The van der Waals surface area contributed by atoms with Gasteiger partial charge in [0.05, 0.1) is 12.5 Å². The molecule has 0 aliphatic rings. The maximum atomic E-state index is 12.2. The molecule has 10 heteroatoms. The van der Waals surface area contributed by atoms with Gasteiger partial charge in [-0.1, -0.05) is 17.4 Å². The zero-order valence-corrected chi connectivity index (χ0v) is 15.7. The van der Waals surface area contributed by atoms with E-state index in [1.165, 1.54) is 40.2 Å². The summed E-state index contributed by atoms with van der Waals surface area (Å²) in [5.74, 6) is -0.684. The Morgan fingerprint density at radius 2 is 2.23 bits per heavy atom. The largest absolute Gasteiger partial charge is 0.458 e. The predicted molar refractivity (Wildman–Crippen MR) is 97.2 cm³/mol. The number of carbonyl (C=O) groups excluding carboxylic acids is 2. The van der Waals surface area contributed by atoms with Crippen molar-refractivity contribution < 1.29 is 14.3 Å². The molecule has 3 heterocycles. The molecule has 3 rings (SSSR count). The molecule has 1 atom stereocenters. The first-order valence-corrected chi connectivity index (χ1v) is 9.44. The first-order valence-electron chi connectivity index (χ1n) is 7.75. The van der Waals surface area contributed by atoms with Crippen LogP contribution >= 0.6 is 22.7 Å². The number of nitrogens with one attached hydrogen (secondary N) is 1. The van der Waals surface area contributed by atoms with Crippen molar-refractivity contribution >= 4 is 39.5 Å². The lowest BCUT2D eigenvalue weighted by molar-refractivity contribution is -0.145. The minimum absolute atomic E-state index is 0.0162. The highest BCUT2D eigenvalue weighted by Crippen LogP contribution is 2.23. The third kappa shape index (κ3) is 4.33. The number of rotatable bonds is 6. The molecule has 1 unspecified atom stereocenters. The lowest BCUT2D eigenvalue weighted by atomic mass is 10.1. The molecule has 3 aromatic heterocycles. The van der Waals surface area contributed by atoms with Crippen LogP contribution in [0.25, 0.3) is 4.96 Å². The van der Waals surface area contributed by atoms with E-state index in [0.717, 1.165) is 4.88 Å². The average molecular weight is 392 g/mol. The fourth-order valence-electron chi connectivity index (χ4n) is 2.34. The van der Waals surface area contributed by atoms with Crippen LogP contribution in [0.4, 0.5) is 0 Å². The van der Waals surface area contributed by atoms with E-state index in [1.54, 1.807) is 6.92 Å². The number of fused-ring (bicyclic) bond motifs is 1. The number of carbonyl (C=O) groups is 2. The lowest BCUT2D eigenvalue weighted by Crippen LogP contribution is -2.28. The van der Waals surface area contributed by atoms with Crippen LogP contribution in [0.5, 0.6) is 0 Å². The molecule has 1 amide bonds. The van der Waals surface area contributed by atoms with Crippen LogP contribution in [-0.4, -0.2) is 26.5 Å². The van der Waals surface area contributed by atoms with Crippen LogP contribution in [0.1, 0.15) is 35.0 Å². The third-order valence-corrected chi connectivity index (χ3v) is 5.27. The van der Waals surface area contributed by atoms with E-state index >= 15 is 0 Å². The highest BCUT2D eigenvalue weighted by atomic mass is 32.1. The van der Waals surface area contributed by atoms with Crippen molar-refractivity contribution in [1.29, 1.82) is 0 Å². The molecule has 1 N–H and O–H groups in total. The molecule has 136 valence electrons. The smallest absolute Gasteiger partial charge is 0.308 e. The zero-order valence-electron chi connectivity index (χ0n) is 14.1. The molecule has 0 bridgehead atoms. The van der Waals surface area contributed by atoms with Gasteiger partial charge < -0.3 is 10.1 Å². The van der Waals surface area contributed by atoms with E-state index in [2.05, 4.69) is 15.4 Å². The summed E-state index contributed by atoms with van der Waals surface area (Å²) in [6.45, 7) is 3.08. The molecule has 0 aliphatic heterocycles. The van der Waals surface area contributed by atoms with E-state index in [0.29, 0.717) is 15.7 Å². The van der Waals surface area contributed by atoms with Crippen molar-refractivity contribution in [2.75, 3.05) is 0 Å². The van der Waals surface area contributed by atoms with Gasteiger partial charge in [-0.3, -0.25) is 14.4 Å². The fraction of sp³-hybridized carbons (Fsp3) is 0.312. The van der Waals surface area contributed by atoms with Gasteiger partial charge in [-0.15, -0.1) is 11.3 Å². The van der Waals surface area contributed by atoms with Crippen molar-refractivity contribution in [3.05, 3.63) is 49.5 Å². The van der Waals surface area contributed by atoms with Crippen molar-refractivity contribution in [3.8, 4) is 0 Å². The second-order valence-corrected chi connectivity index (χ2v) is 7.58. The highest BCUT2D eigenvalue weighted by molar-refractivity contribution is 7.16. The first-order chi connectivity index (χ1) is 12.4. The predicted octanol–water partition coefficient (Wildman–Crippen LogP) is 1.83. The topological polar surface area (TPSA) is 103 Å². The van der Waals surface area contributed by atoms with Gasteiger partial charge in [-0.25, -0.2) is 4.98 Å². The van der Waals surface area contributed by atoms with Crippen LogP contribution in [0.2, 0.25) is 0 Å². The minimum Gasteiger partial charge on any atom is -0.458 e. The number of esters is 1. The van der Waals surface area contributed by atoms with Crippen LogP contribution in [0, 0.1) is 6.92 Å². The van der Waals surface area contributed by atoms with Gasteiger partial charge >= 0.3 is 5.97 Å². The van der Waals surface area contributed by atoms with Crippen molar-refractivity contribution in [1.82, 2.24) is 19.9 Å². The summed E-state index contributed by atoms with van der Waals surface area (Å²) in [4.78, 5) is 40.9. The number of hydrogen-bond acceptors (Lipinski definition) is 8. The van der Waals surface area contributed by atoms with Crippen LogP contribution in [0.3, 0.4) is 0 Å². The van der Waals surface area contributed by atoms with E-state index in [-0.39, 0.29) is 24.5 Å². The molecule has 0 fully saturated rings. The summed E-state index contributed by atoms with van der Waals surface area (Å²) in [6, 6.07) is 4.67. The van der Waals surface area contributed by atoms with E-state index in [1.807, 2.05) is 17.5 Å². The van der Waals surface area contributed by atoms with E-state index < -0.39 is 12.0 Å². The molecule has 0 radical (unpaired) electrons. The van der Waals surface area contributed by atoms with Crippen molar-refractivity contribution in [2.24, 2.45) is 0 Å². The Morgan fingerprint density at radius 3 is 2.92 bits per heavy atom. The quantitative estimate of drug-likeness (QED) is 0.642. The number of hydrogen-bond donors (Lipinski definition) is 1. The number of aryl methyl sites for hydroxylation is 1. The van der Waals surface area contributed by atoms with Crippen LogP contribution in [0.15, 0.2) is 28.4 Å². The fourth-order valence-corrected chi connectivity index (χ4v) is 3.98. The van der Waals surface area contributed by atoms with Gasteiger partial charge in [-0.05, 0) is 18.4 Å². The number of thiophene rings is 1. The summed E-state index contributed by atoms with van der Waals surface area (Å²) in [5, 5.41) is 9.22. The second-order valence-electron chi connectivity index (χ2n) is 5.56. The molecular formula is C16H16N4O4S2. The highest BCUT2D eigenvalue weighted by Gasteiger charge is 2.19. The summed E-state index contributed by atoms with van der Waals surface area (Å²) in [5.41, 5.74) is 0.334. The van der Waals surface area contributed by atoms with Gasteiger partial charge in [0.25, 0.3) is 5.56 Å². The van der Waals surface area contributed by atoms with E-state index in [4.69, 9.17) is 4.74 Å². The second kappa shape index (κ2) is 7.75. The Bertz CT molecular complexity index is 994. The summed E-state index contributed by atoms with van der Waals surface area (Å²) < 4.78 is 6.44.